The van der Waals surface area contributed by atoms with Crippen LogP contribution in [0.3, 0.4) is 0 Å². The third kappa shape index (κ3) is 4.12. The van der Waals surface area contributed by atoms with Gasteiger partial charge >= 0.3 is 6.18 Å². The maximum Gasteiger partial charge on any atom is 0.416 e. The van der Waals surface area contributed by atoms with Crippen molar-refractivity contribution in [2.24, 2.45) is 0 Å². The summed E-state index contributed by atoms with van der Waals surface area (Å²) < 4.78 is 69.5. The molecule has 2 heterocycles. The number of alkyl halides is 5. The van der Waals surface area contributed by atoms with E-state index in [1.54, 1.807) is 28.0 Å². The van der Waals surface area contributed by atoms with E-state index in [0.717, 1.165) is 12.1 Å². The van der Waals surface area contributed by atoms with Crippen LogP contribution in [0.15, 0.2) is 42.5 Å². The van der Waals surface area contributed by atoms with Crippen LogP contribution in [0.4, 0.5) is 22.0 Å². The highest BCUT2D eigenvalue weighted by atomic mass is 19.4. The van der Waals surface area contributed by atoms with Gasteiger partial charge in [-0.05, 0) is 35.4 Å². The molecule has 9 heteroatoms. The van der Waals surface area contributed by atoms with E-state index in [1.165, 1.54) is 12.1 Å². The van der Waals surface area contributed by atoms with Crippen LogP contribution in [0.25, 0.3) is 11.1 Å². The average molecular weight is 426 g/mol. The van der Waals surface area contributed by atoms with E-state index in [2.05, 4.69) is 0 Å². The molecule has 0 radical (unpaired) electrons. The zero-order valence-electron chi connectivity index (χ0n) is 15.8. The Hall–Kier alpha value is -2.68. The lowest BCUT2D eigenvalue weighted by atomic mass is 10.00. The molecule has 0 unspecified atom stereocenters. The van der Waals surface area contributed by atoms with E-state index in [1.807, 2.05) is 0 Å². The van der Waals surface area contributed by atoms with Crippen LogP contribution in [0.5, 0.6) is 5.75 Å². The van der Waals surface area contributed by atoms with Crippen LogP contribution in [0.2, 0.25) is 0 Å². The number of amides is 1. The lowest BCUT2D eigenvalue weighted by molar-refractivity contribution is -0.137. The monoisotopic (exact) mass is 426 g/mol. The molecule has 2 aliphatic heterocycles. The molecule has 1 atom stereocenters. The minimum atomic E-state index is -4.42. The van der Waals surface area contributed by atoms with Crippen molar-refractivity contribution in [2.75, 3.05) is 32.8 Å². The molecule has 4 nitrogen and oxygen atoms in total. The summed E-state index contributed by atoms with van der Waals surface area (Å²) in [6.45, 7) is 0.807. The van der Waals surface area contributed by atoms with Gasteiger partial charge < -0.3 is 9.64 Å². The average Bonchev–Trinajstić information content (AvgIpc) is 2.83. The van der Waals surface area contributed by atoms with Crippen molar-refractivity contribution in [1.29, 1.82) is 0 Å². The highest BCUT2D eigenvalue weighted by Crippen LogP contribution is 2.34. The van der Waals surface area contributed by atoms with Crippen molar-refractivity contribution in [3.8, 4) is 16.9 Å². The van der Waals surface area contributed by atoms with Crippen molar-refractivity contribution in [3.05, 3.63) is 53.6 Å². The number of halogens is 5. The number of carbonyl (C=O) groups is 1. The number of rotatable bonds is 3. The van der Waals surface area contributed by atoms with Crippen molar-refractivity contribution >= 4 is 5.91 Å². The Morgan fingerprint density at radius 1 is 1.03 bits per heavy atom. The maximum atomic E-state index is 13.1. The second kappa shape index (κ2) is 7.86. The third-order valence-electron chi connectivity index (χ3n) is 5.41. The Morgan fingerprint density at radius 3 is 2.40 bits per heavy atom. The van der Waals surface area contributed by atoms with Gasteiger partial charge in [-0.15, -0.1) is 0 Å². The first-order valence-corrected chi connectivity index (χ1v) is 9.48. The number of fused-ring (bicyclic) bond motifs is 2. The Morgan fingerprint density at radius 2 is 1.73 bits per heavy atom. The summed E-state index contributed by atoms with van der Waals surface area (Å²) >= 11 is 0. The molecule has 4 rings (SSSR count). The molecule has 30 heavy (non-hydrogen) atoms. The highest BCUT2D eigenvalue weighted by molar-refractivity contribution is 5.99. The van der Waals surface area contributed by atoms with Gasteiger partial charge in [0.2, 0.25) is 0 Å². The first kappa shape index (κ1) is 20.6. The SMILES string of the molecule is O=C1c2cc(-c3ccc(C(F)(F)F)cc3)ccc2OC[C@@H]2CN(CC(F)F)CCN12. The highest BCUT2D eigenvalue weighted by Gasteiger charge is 2.36. The molecule has 2 aliphatic rings. The molecule has 2 aromatic rings. The zero-order valence-corrected chi connectivity index (χ0v) is 15.8. The maximum absolute atomic E-state index is 13.1. The van der Waals surface area contributed by atoms with Crippen LogP contribution in [0.1, 0.15) is 15.9 Å². The van der Waals surface area contributed by atoms with Gasteiger partial charge in [-0.3, -0.25) is 9.69 Å². The number of carbonyl (C=O) groups excluding carboxylic acids is 1. The van der Waals surface area contributed by atoms with E-state index >= 15 is 0 Å². The van der Waals surface area contributed by atoms with Gasteiger partial charge in [0, 0.05) is 19.6 Å². The molecule has 1 amide bonds. The second-order valence-electron chi connectivity index (χ2n) is 7.40. The van der Waals surface area contributed by atoms with Crippen molar-refractivity contribution in [3.63, 3.8) is 0 Å². The molecule has 1 fully saturated rings. The minimum Gasteiger partial charge on any atom is -0.491 e. The molecular weight excluding hydrogens is 407 g/mol. The first-order chi connectivity index (χ1) is 14.2. The van der Waals surface area contributed by atoms with Crippen molar-refractivity contribution in [2.45, 2.75) is 18.6 Å². The fraction of sp³-hybridized carbons (Fsp3) is 0.381. The number of piperazine rings is 1. The lowest BCUT2D eigenvalue weighted by Gasteiger charge is -2.39. The largest absolute Gasteiger partial charge is 0.491 e. The van der Waals surface area contributed by atoms with Crippen LogP contribution >= 0.6 is 0 Å². The van der Waals surface area contributed by atoms with Gasteiger partial charge in [-0.25, -0.2) is 8.78 Å². The van der Waals surface area contributed by atoms with E-state index in [0.29, 0.717) is 42.1 Å². The quantitative estimate of drug-likeness (QED) is 0.692. The minimum absolute atomic E-state index is 0.193. The number of hydrogen-bond donors (Lipinski definition) is 0. The van der Waals surface area contributed by atoms with Gasteiger partial charge in [-0.1, -0.05) is 18.2 Å². The normalized spacial score (nSPS) is 19.9. The fourth-order valence-electron chi connectivity index (χ4n) is 3.89. The van der Waals surface area contributed by atoms with Crippen LogP contribution in [0, 0.1) is 0 Å². The van der Waals surface area contributed by atoms with Gasteiger partial charge in [0.05, 0.1) is 23.7 Å². The molecule has 2 aromatic carbocycles. The number of nitrogens with zero attached hydrogens (tertiary/aromatic N) is 2. The number of benzene rings is 2. The Balaban J connectivity index is 1.58. The molecule has 160 valence electrons. The summed E-state index contributed by atoms with van der Waals surface area (Å²) in [7, 11) is 0. The molecule has 0 saturated carbocycles. The van der Waals surface area contributed by atoms with E-state index < -0.39 is 18.2 Å². The van der Waals surface area contributed by atoms with Crippen LogP contribution in [-0.4, -0.2) is 61.0 Å². The molecular formula is C21H19F5N2O2. The third-order valence-corrected chi connectivity index (χ3v) is 5.41. The van der Waals surface area contributed by atoms with E-state index in [-0.39, 0.29) is 25.1 Å². The molecule has 0 N–H and O–H groups in total. The molecule has 0 aromatic heterocycles. The van der Waals surface area contributed by atoms with Gasteiger partial charge in [0.1, 0.15) is 12.4 Å². The van der Waals surface area contributed by atoms with Gasteiger partial charge in [0.25, 0.3) is 12.3 Å². The van der Waals surface area contributed by atoms with Crippen molar-refractivity contribution < 1.29 is 31.5 Å². The lowest BCUT2D eigenvalue weighted by Crippen LogP contribution is -2.57. The smallest absolute Gasteiger partial charge is 0.416 e. The summed E-state index contributed by atoms with van der Waals surface area (Å²) in [5.41, 5.74) is 0.706. The standard InChI is InChI=1S/C21H19F5N2O2/c22-19(23)11-27-7-8-28-16(10-27)12-30-18-6-3-14(9-17(18)20(28)29)13-1-4-15(5-2-13)21(24,25)26/h1-6,9,16,19H,7-8,10-12H2/t16-/m0/s1. The second-order valence-corrected chi connectivity index (χ2v) is 7.40. The predicted molar refractivity (Wildman–Crippen MR) is 99.6 cm³/mol. The Bertz CT molecular complexity index is 930. The number of ether oxygens (including phenoxy) is 1. The Labute approximate surface area is 169 Å². The van der Waals surface area contributed by atoms with Gasteiger partial charge in [-0.2, -0.15) is 13.2 Å². The van der Waals surface area contributed by atoms with Crippen molar-refractivity contribution in [1.82, 2.24) is 9.80 Å². The summed E-state index contributed by atoms with van der Waals surface area (Å²) in [5, 5.41) is 0. The fourth-order valence-corrected chi connectivity index (χ4v) is 3.89. The summed E-state index contributed by atoms with van der Waals surface area (Å²) in [6.07, 6.45) is -6.86. The van der Waals surface area contributed by atoms with Crippen LogP contribution < -0.4 is 4.74 Å². The number of hydrogen-bond acceptors (Lipinski definition) is 3. The van der Waals surface area contributed by atoms with E-state index in [9.17, 15) is 26.7 Å². The van der Waals surface area contributed by atoms with E-state index in [4.69, 9.17) is 4.74 Å². The summed E-state index contributed by atoms with van der Waals surface area (Å²) in [5.74, 6) is 0.114. The van der Waals surface area contributed by atoms with Crippen LogP contribution in [-0.2, 0) is 6.18 Å². The molecule has 0 aliphatic carbocycles. The predicted octanol–water partition coefficient (Wildman–Crippen LogP) is 4.16. The molecule has 0 bridgehead atoms. The zero-order chi connectivity index (χ0) is 21.5. The summed E-state index contributed by atoms with van der Waals surface area (Å²) in [4.78, 5) is 16.3. The molecule has 0 spiro atoms. The summed E-state index contributed by atoms with van der Waals surface area (Å²) in [6, 6.07) is 9.28. The van der Waals surface area contributed by atoms with Gasteiger partial charge in [0.15, 0.2) is 0 Å². The first-order valence-electron chi connectivity index (χ1n) is 9.48. The Kier molecular flexibility index (Phi) is 5.40. The topological polar surface area (TPSA) is 32.8 Å². The molecule has 1 saturated heterocycles.